The number of piperidine rings is 1. The van der Waals surface area contributed by atoms with E-state index in [1.54, 1.807) is 0 Å². The SMILES string of the molecule is O=C(NC1CC1)C1CCN(c2ccc(Br)cn2)CC1. The fourth-order valence-corrected chi connectivity index (χ4v) is 2.71. The standard InChI is InChI=1S/C14H18BrN3O/c15-11-1-4-13(16-9-11)18-7-5-10(6-8-18)14(19)17-12-2-3-12/h1,4,9-10,12H,2-3,5-8H2,(H,17,19). The van der Waals surface area contributed by atoms with E-state index in [0.29, 0.717) is 6.04 Å². The van der Waals surface area contributed by atoms with Crippen molar-refractivity contribution >= 4 is 27.7 Å². The Kier molecular flexibility index (Phi) is 3.73. The summed E-state index contributed by atoms with van der Waals surface area (Å²) in [6.45, 7) is 1.83. The number of hydrogen-bond acceptors (Lipinski definition) is 3. The van der Waals surface area contributed by atoms with Gasteiger partial charge in [0.25, 0.3) is 0 Å². The quantitative estimate of drug-likeness (QED) is 0.928. The molecule has 3 rings (SSSR count). The van der Waals surface area contributed by atoms with Crippen molar-refractivity contribution in [1.29, 1.82) is 0 Å². The van der Waals surface area contributed by atoms with E-state index in [4.69, 9.17) is 0 Å². The van der Waals surface area contributed by atoms with Gasteiger partial charge in [0.05, 0.1) is 0 Å². The molecular weight excluding hydrogens is 306 g/mol. The maximum Gasteiger partial charge on any atom is 0.223 e. The fraction of sp³-hybridized carbons (Fsp3) is 0.571. The van der Waals surface area contributed by atoms with Crippen LogP contribution in [0.15, 0.2) is 22.8 Å². The molecule has 1 aliphatic heterocycles. The zero-order valence-corrected chi connectivity index (χ0v) is 12.4. The highest BCUT2D eigenvalue weighted by molar-refractivity contribution is 9.10. The van der Waals surface area contributed by atoms with Gasteiger partial charge in [-0.1, -0.05) is 0 Å². The molecule has 2 heterocycles. The molecular formula is C14H18BrN3O. The Hall–Kier alpha value is -1.10. The summed E-state index contributed by atoms with van der Waals surface area (Å²) in [5.41, 5.74) is 0. The molecule has 0 unspecified atom stereocenters. The second kappa shape index (κ2) is 5.49. The van der Waals surface area contributed by atoms with Gasteiger partial charge >= 0.3 is 0 Å². The second-order valence-electron chi connectivity index (χ2n) is 5.38. The van der Waals surface area contributed by atoms with Crippen LogP contribution < -0.4 is 10.2 Å². The summed E-state index contributed by atoms with van der Waals surface area (Å²) in [6.07, 6.45) is 5.99. The van der Waals surface area contributed by atoms with E-state index in [9.17, 15) is 4.79 Å². The van der Waals surface area contributed by atoms with E-state index >= 15 is 0 Å². The zero-order valence-electron chi connectivity index (χ0n) is 10.8. The van der Waals surface area contributed by atoms with Crippen LogP contribution in [-0.4, -0.2) is 30.0 Å². The van der Waals surface area contributed by atoms with Crippen LogP contribution >= 0.6 is 15.9 Å². The molecule has 1 saturated heterocycles. The predicted octanol–water partition coefficient (Wildman–Crippen LogP) is 2.34. The minimum Gasteiger partial charge on any atom is -0.357 e. The minimum atomic E-state index is 0.187. The number of aromatic nitrogens is 1. The number of carbonyl (C=O) groups is 1. The maximum absolute atomic E-state index is 12.0. The number of rotatable bonds is 3. The van der Waals surface area contributed by atoms with Crippen LogP contribution in [-0.2, 0) is 4.79 Å². The Morgan fingerprint density at radius 1 is 1.26 bits per heavy atom. The molecule has 0 radical (unpaired) electrons. The summed E-state index contributed by atoms with van der Waals surface area (Å²) in [5.74, 6) is 1.45. The van der Waals surface area contributed by atoms with Crippen LogP contribution in [0.4, 0.5) is 5.82 Å². The summed E-state index contributed by atoms with van der Waals surface area (Å²) in [7, 11) is 0. The number of nitrogens with zero attached hydrogens (tertiary/aromatic N) is 2. The summed E-state index contributed by atoms with van der Waals surface area (Å²) >= 11 is 3.39. The first kappa shape index (κ1) is 12.9. The molecule has 1 N–H and O–H groups in total. The number of hydrogen-bond donors (Lipinski definition) is 1. The van der Waals surface area contributed by atoms with Crippen LogP contribution in [0.25, 0.3) is 0 Å². The van der Waals surface area contributed by atoms with Crippen molar-refractivity contribution in [3.8, 4) is 0 Å². The van der Waals surface area contributed by atoms with E-state index in [1.165, 1.54) is 0 Å². The number of carbonyl (C=O) groups excluding carboxylic acids is 1. The van der Waals surface area contributed by atoms with Crippen LogP contribution in [0.5, 0.6) is 0 Å². The largest absolute Gasteiger partial charge is 0.357 e. The highest BCUT2D eigenvalue weighted by Gasteiger charge is 2.30. The Balaban J connectivity index is 1.53. The number of halogens is 1. The molecule has 2 aliphatic rings. The molecule has 0 spiro atoms. The smallest absolute Gasteiger partial charge is 0.223 e. The maximum atomic E-state index is 12.0. The molecule has 19 heavy (non-hydrogen) atoms. The summed E-state index contributed by atoms with van der Waals surface area (Å²) in [4.78, 5) is 18.7. The van der Waals surface area contributed by atoms with Crippen molar-refractivity contribution in [2.75, 3.05) is 18.0 Å². The fourth-order valence-electron chi connectivity index (χ4n) is 2.47. The van der Waals surface area contributed by atoms with Gasteiger partial charge in [-0.05, 0) is 53.7 Å². The van der Waals surface area contributed by atoms with E-state index in [2.05, 4.69) is 31.1 Å². The molecule has 1 amide bonds. The lowest BCUT2D eigenvalue weighted by atomic mass is 9.96. The average molecular weight is 324 g/mol. The monoisotopic (exact) mass is 323 g/mol. The number of amides is 1. The lowest BCUT2D eigenvalue weighted by Gasteiger charge is -2.32. The molecule has 102 valence electrons. The highest BCUT2D eigenvalue weighted by Crippen LogP contribution is 2.25. The molecule has 0 atom stereocenters. The van der Waals surface area contributed by atoms with Crippen molar-refractivity contribution in [2.24, 2.45) is 5.92 Å². The van der Waals surface area contributed by atoms with E-state index in [1.807, 2.05) is 18.3 Å². The van der Waals surface area contributed by atoms with Gasteiger partial charge in [-0.15, -0.1) is 0 Å². The van der Waals surface area contributed by atoms with Crippen molar-refractivity contribution < 1.29 is 4.79 Å². The third-order valence-corrected chi connectivity index (χ3v) is 4.29. The lowest BCUT2D eigenvalue weighted by molar-refractivity contribution is -0.125. The molecule has 1 aromatic heterocycles. The van der Waals surface area contributed by atoms with Crippen molar-refractivity contribution in [3.05, 3.63) is 22.8 Å². The molecule has 5 heteroatoms. The van der Waals surface area contributed by atoms with Crippen LogP contribution in [0.3, 0.4) is 0 Å². The Bertz CT molecular complexity index is 450. The topological polar surface area (TPSA) is 45.2 Å². The van der Waals surface area contributed by atoms with Gasteiger partial charge in [-0.25, -0.2) is 4.98 Å². The first-order valence-electron chi connectivity index (χ1n) is 6.89. The molecule has 1 aliphatic carbocycles. The molecule has 4 nitrogen and oxygen atoms in total. The van der Waals surface area contributed by atoms with Gasteiger partial charge in [0.2, 0.25) is 5.91 Å². The van der Waals surface area contributed by atoms with Crippen molar-refractivity contribution in [2.45, 2.75) is 31.7 Å². The van der Waals surface area contributed by atoms with Gasteiger partial charge in [0.1, 0.15) is 5.82 Å². The number of nitrogens with one attached hydrogen (secondary N) is 1. The first-order chi connectivity index (χ1) is 9.22. The normalized spacial score (nSPS) is 20.4. The summed E-state index contributed by atoms with van der Waals surface area (Å²) in [6, 6.07) is 4.50. The van der Waals surface area contributed by atoms with E-state index in [-0.39, 0.29) is 11.8 Å². The van der Waals surface area contributed by atoms with Crippen molar-refractivity contribution in [1.82, 2.24) is 10.3 Å². The predicted molar refractivity (Wildman–Crippen MR) is 78.0 cm³/mol. The van der Waals surface area contributed by atoms with E-state index in [0.717, 1.165) is 49.1 Å². The lowest BCUT2D eigenvalue weighted by Crippen LogP contribution is -2.41. The van der Waals surface area contributed by atoms with Crippen LogP contribution in [0.2, 0.25) is 0 Å². The highest BCUT2D eigenvalue weighted by atomic mass is 79.9. The Morgan fingerprint density at radius 3 is 2.58 bits per heavy atom. The Labute approximate surface area is 121 Å². The summed E-state index contributed by atoms with van der Waals surface area (Å²) < 4.78 is 0.995. The molecule has 1 aromatic rings. The zero-order chi connectivity index (χ0) is 13.2. The number of anilines is 1. The van der Waals surface area contributed by atoms with E-state index < -0.39 is 0 Å². The molecule has 1 saturated carbocycles. The van der Waals surface area contributed by atoms with Gasteiger partial charge < -0.3 is 10.2 Å². The summed E-state index contributed by atoms with van der Waals surface area (Å²) in [5, 5.41) is 3.11. The van der Waals surface area contributed by atoms with Crippen LogP contribution in [0.1, 0.15) is 25.7 Å². The van der Waals surface area contributed by atoms with Crippen LogP contribution in [0, 0.1) is 5.92 Å². The molecule has 2 fully saturated rings. The molecule has 0 aromatic carbocycles. The van der Waals surface area contributed by atoms with Gasteiger partial charge in [0.15, 0.2) is 0 Å². The molecule has 0 bridgehead atoms. The minimum absolute atomic E-state index is 0.187. The van der Waals surface area contributed by atoms with Crippen molar-refractivity contribution in [3.63, 3.8) is 0 Å². The first-order valence-corrected chi connectivity index (χ1v) is 7.68. The Morgan fingerprint density at radius 2 is 2.00 bits per heavy atom. The van der Waals surface area contributed by atoms with Gasteiger partial charge in [-0.3, -0.25) is 4.79 Å². The number of pyridine rings is 1. The average Bonchev–Trinajstić information content (AvgIpc) is 3.24. The van der Waals surface area contributed by atoms with Gasteiger partial charge in [-0.2, -0.15) is 0 Å². The second-order valence-corrected chi connectivity index (χ2v) is 6.29. The third-order valence-electron chi connectivity index (χ3n) is 3.83. The van der Waals surface area contributed by atoms with Gasteiger partial charge in [0, 0.05) is 35.7 Å². The third kappa shape index (κ3) is 3.26.